The molecule has 0 N–H and O–H groups in total. The molecule has 0 aromatic heterocycles. The van der Waals surface area contributed by atoms with Gasteiger partial charge >= 0.3 is 11.9 Å². The predicted octanol–water partition coefficient (Wildman–Crippen LogP) is 18.2. The summed E-state index contributed by atoms with van der Waals surface area (Å²) in [6, 6.07) is 0. The number of ether oxygens (including phenoxy) is 4. The van der Waals surface area contributed by atoms with E-state index in [1.54, 1.807) is 0 Å². The van der Waals surface area contributed by atoms with Crippen LogP contribution in [0.1, 0.15) is 232 Å². The van der Waals surface area contributed by atoms with Crippen molar-refractivity contribution in [2.24, 2.45) is 0 Å². The van der Waals surface area contributed by atoms with Crippen LogP contribution in [0.15, 0.2) is 146 Å². The maximum atomic E-state index is 12.9. The Labute approximate surface area is 496 Å². The molecular weight excluding hydrogens is 1010 g/mol. The van der Waals surface area contributed by atoms with Gasteiger partial charge in [0.2, 0.25) is 0 Å². The lowest BCUT2D eigenvalue weighted by atomic mass is 10.0. The lowest BCUT2D eigenvalue weighted by Gasteiger charge is -2.26. The molecule has 0 aliphatic carbocycles. The minimum Gasteiger partial charge on any atom is -0.545 e. The molecule has 0 amide bonds. The third kappa shape index (κ3) is 62.6. The number of esters is 2. The summed E-state index contributed by atoms with van der Waals surface area (Å²) >= 11 is 0. The van der Waals surface area contributed by atoms with E-state index in [9.17, 15) is 19.5 Å². The van der Waals surface area contributed by atoms with Crippen LogP contribution in [0.2, 0.25) is 0 Å². The smallest absolute Gasteiger partial charge is 0.306 e. The topological polar surface area (TPSA) is 111 Å². The summed E-state index contributed by atoms with van der Waals surface area (Å²) in [4.78, 5) is 37.3. The largest absolute Gasteiger partial charge is 0.545 e. The molecule has 0 radical (unpaired) electrons. The van der Waals surface area contributed by atoms with Crippen LogP contribution < -0.4 is 5.11 Å². The Morgan fingerprint density at radius 3 is 1.02 bits per heavy atom. The van der Waals surface area contributed by atoms with Gasteiger partial charge in [-0.3, -0.25) is 9.59 Å². The molecule has 0 heterocycles. The van der Waals surface area contributed by atoms with Crippen LogP contribution in [0.4, 0.5) is 0 Å². The second-order valence-electron chi connectivity index (χ2n) is 21.9. The summed E-state index contributed by atoms with van der Waals surface area (Å²) in [7, 11) is 5.90. The lowest BCUT2D eigenvalue weighted by molar-refractivity contribution is -0.870. The second-order valence-corrected chi connectivity index (χ2v) is 21.9. The van der Waals surface area contributed by atoms with Crippen LogP contribution >= 0.6 is 0 Å². The van der Waals surface area contributed by atoms with Gasteiger partial charge in [-0.2, -0.15) is 0 Å². The first-order valence-corrected chi connectivity index (χ1v) is 32.0. The zero-order valence-electron chi connectivity index (χ0n) is 52.1. The van der Waals surface area contributed by atoms with Gasteiger partial charge in [-0.25, -0.2) is 0 Å². The number of carboxylic acid groups (broad SMARTS) is 1. The molecule has 0 rings (SSSR count). The van der Waals surface area contributed by atoms with Crippen molar-refractivity contribution in [3.05, 3.63) is 146 Å². The quantitative estimate of drug-likeness (QED) is 0.0195. The Morgan fingerprint density at radius 2 is 0.679 bits per heavy atom. The third-order valence-corrected chi connectivity index (χ3v) is 13.1. The number of hydrogen-bond donors (Lipinski definition) is 0. The summed E-state index contributed by atoms with van der Waals surface area (Å²) in [5, 5.41) is 11.8. The van der Waals surface area contributed by atoms with Crippen molar-refractivity contribution < 1.29 is 42.9 Å². The van der Waals surface area contributed by atoms with Gasteiger partial charge in [0, 0.05) is 12.8 Å². The molecule has 81 heavy (non-hydrogen) atoms. The number of nitrogens with zero attached hydrogens (tertiary/aromatic N) is 1. The Morgan fingerprint density at radius 1 is 0.370 bits per heavy atom. The standard InChI is InChI=1S/C72H117NO8/c1-6-8-10-12-14-16-18-20-22-24-25-26-27-28-29-30-31-32-33-34-35-36-37-38-39-40-41-42-43-44-45-47-49-51-53-55-57-59-61-63-70(75)81-68(67-80-72(71(76)77)78-65-64-73(3,4)5)66-79-69(74)62-60-58-56-54-52-50-48-46-23-21-19-17-15-13-11-9-7-2/h8-11,14-17,20-23,25-26,28-29,31-32,34-35,48,50,54,56,68,72H,6-7,12-13,18-19,24,27,30,33,36-47,49,51-53,55,57-67H2,1-5H3/b10-8-,11-9-,16-14-,17-15-,22-20-,23-21-,26-25-,29-28-,32-31-,35-34-,50-48-,56-54-. The molecule has 9 heteroatoms. The van der Waals surface area contributed by atoms with E-state index < -0.39 is 30.3 Å². The summed E-state index contributed by atoms with van der Waals surface area (Å²) in [5.41, 5.74) is 0. The second kappa shape index (κ2) is 61.2. The van der Waals surface area contributed by atoms with E-state index in [1.165, 1.54) is 89.9 Å². The van der Waals surface area contributed by atoms with Crippen LogP contribution in [0.5, 0.6) is 0 Å². The van der Waals surface area contributed by atoms with Gasteiger partial charge in [0.15, 0.2) is 12.4 Å². The molecule has 0 aromatic rings. The summed E-state index contributed by atoms with van der Waals surface area (Å²) < 4.78 is 22.6. The van der Waals surface area contributed by atoms with E-state index in [4.69, 9.17) is 18.9 Å². The van der Waals surface area contributed by atoms with Gasteiger partial charge in [0.25, 0.3) is 0 Å². The molecule has 0 saturated carbocycles. The number of carboxylic acids is 1. The predicted molar refractivity (Wildman–Crippen MR) is 342 cm³/mol. The number of aliphatic carboxylic acids is 1. The van der Waals surface area contributed by atoms with Gasteiger partial charge in [-0.15, -0.1) is 0 Å². The SMILES string of the molecule is CC/C=C\C/C=C\C/C=C\C/C=C\C/C=C\C/C=C\C/C=C\CCCCCCCCCCCCCCCCCCCC(=O)OC(COC(=O)CCC/C=C\C/C=C\C/C=C\C/C=C\C/C=C\CC)COC(OCC[N+](C)(C)C)C(=O)[O-]. The normalized spacial score (nSPS) is 13.7. The van der Waals surface area contributed by atoms with E-state index in [0.29, 0.717) is 23.9 Å². The molecular formula is C72H117NO8. The minimum absolute atomic E-state index is 0.133. The Kier molecular flexibility index (Phi) is 57.6. The fourth-order valence-electron chi connectivity index (χ4n) is 8.26. The third-order valence-electron chi connectivity index (χ3n) is 13.1. The fraction of sp³-hybridized carbons (Fsp3) is 0.625. The molecule has 9 nitrogen and oxygen atoms in total. The number of unbranched alkanes of at least 4 members (excludes halogenated alkanes) is 18. The van der Waals surface area contributed by atoms with Crippen LogP contribution in [-0.2, 0) is 33.3 Å². The minimum atomic E-state index is -1.64. The first-order valence-electron chi connectivity index (χ1n) is 32.0. The van der Waals surface area contributed by atoms with Crippen LogP contribution in [-0.4, -0.2) is 82.3 Å². The van der Waals surface area contributed by atoms with E-state index in [2.05, 4.69) is 160 Å². The van der Waals surface area contributed by atoms with Crippen molar-refractivity contribution in [3.63, 3.8) is 0 Å². The molecule has 0 saturated heterocycles. The Bertz CT molecular complexity index is 1840. The summed E-state index contributed by atoms with van der Waals surface area (Å²) in [6.45, 7) is 4.44. The average molecular weight is 1120 g/mol. The molecule has 0 bridgehead atoms. The Hall–Kier alpha value is -4.83. The number of carbonyl (C=O) groups is 3. The monoisotopic (exact) mass is 1120 g/mol. The molecule has 2 atom stereocenters. The number of hydrogen-bond acceptors (Lipinski definition) is 8. The van der Waals surface area contributed by atoms with Crippen LogP contribution in [0.3, 0.4) is 0 Å². The number of carbonyl (C=O) groups excluding carboxylic acids is 3. The molecule has 0 spiro atoms. The summed E-state index contributed by atoms with van der Waals surface area (Å²) in [6.07, 6.45) is 86.5. The first kappa shape index (κ1) is 76.2. The van der Waals surface area contributed by atoms with Crippen molar-refractivity contribution in [1.29, 1.82) is 0 Å². The van der Waals surface area contributed by atoms with Crippen LogP contribution in [0, 0.1) is 0 Å². The van der Waals surface area contributed by atoms with E-state index in [1.807, 2.05) is 21.1 Å². The highest BCUT2D eigenvalue weighted by Gasteiger charge is 2.22. The maximum absolute atomic E-state index is 12.9. The van der Waals surface area contributed by atoms with Crippen molar-refractivity contribution in [1.82, 2.24) is 0 Å². The average Bonchev–Trinajstić information content (AvgIpc) is 3.44. The number of quaternary nitrogens is 1. The molecule has 0 aromatic carbocycles. The highest BCUT2D eigenvalue weighted by molar-refractivity contribution is 5.70. The van der Waals surface area contributed by atoms with Gasteiger partial charge in [0.05, 0.1) is 40.3 Å². The van der Waals surface area contributed by atoms with Crippen molar-refractivity contribution in [2.75, 3.05) is 47.5 Å². The highest BCUT2D eigenvalue weighted by atomic mass is 16.7. The van der Waals surface area contributed by atoms with E-state index >= 15 is 0 Å². The highest BCUT2D eigenvalue weighted by Crippen LogP contribution is 2.16. The van der Waals surface area contributed by atoms with Gasteiger partial charge in [-0.05, 0) is 109 Å². The zero-order chi connectivity index (χ0) is 59.1. The first-order chi connectivity index (χ1) is 39.6. The van der Waals surface area contributed by atoms with E-state index in [0.717, 1.165) is 103 Å². The maximum Gasteiger partial charge on any atom is 0.306 e. The van der Waals surface area contributed by atoms with Gasteiger partial charge in [0.1, 0.15) is 13.2 Å². The molecule has 0 aliphatic heterocycles. The summed E-state index contributed by atoms with van der Waals surface area (Å²) in [5.74, 6) is -2.37. The zero-order valence-corrected chi connectivity index (χ0v) is 52.1. The fourth-order valence-corrected chi connectivity index (χ4v) is 8.26. The number of likely N-dealkylation sites (N-methyl/N-ethyl adjacent to an activating group) is 1. The van der Waals surface area contributed by atoms with Gasteiger partial charge < -0.3 is 33.3 Å². The van der Waals surface area contributed by atoms with Crippen LogP contribution in [0.25, 0.3) is 0 Å². The molecule has 0 aliphatic rings. The Balaban J connectivity index is 4.12. The molecule has 458 valence electrons. The molecule has 2 unspecified atom stereocenters. The number of rotatable bonds is 57. The van der Waals surface area contributed by atoms with Crippen molar-refractivity contribution in [2.45, 2.75) is 245 Å². The number of allylic oxidation sites excluding steroid dienone is 24. The van der Waals surface area contributed by atoms with E-state index in [-0.39, 0.29) is 32.7 Å². The van der Waals surface area contributed by atoms with Crippen molar-refractivity contribution >= 4 is 17.9 Å². The molecule has 0 fully saturated rings. The van der Waals surface area contributed by atoms with Crippen molar-refractivity contribution in [3.8, 4) is 0 Å². The lowest BCUT2D eigenvalue weighted by Crippen LogP contribution is -2.44. The van der Waals surface area contributed by atoms with Gasteiger partial charge in [-0.1, -0.05) is 256 Å².